The lowest BCUT2D eigenvalue weighted by Crippen LogP contribution is -2.55. The molecule has 292 valence electrons. The van der Waals surface area contributed by atoms with E-state index in [1.807, 2.05) is 51.7 Å². The number of carbonyl (C=O) groups is 4. The highest BCUT2D eigenvalue weighted by Gasteiger charge is 2.46. The van der Waals surface area contributed by atoms with Crippen molar-refractivity contribution in [3.05, 3.63) is 72.6 Å². The van der Waals surface area contributed by atoms with Gasteiger partial charge in [-0.15, -0.1) is 0 Å². The van der Waals surface area contributed by atoms with Gasteiger partial charge in [-0.2, -0.15) is 0 Å². The van der Waals surface area contributed by atoms with Crippen LogP contribution in [0, 0.1) is 11.8 Å². The first-order chi connectivity index (χ1) is 26.3. The summed E-state index contributed by atoms with van der Waals surface area (Å²) in [5, 5.41) is 5.40. The van der Waals surface area contributed by atoms with Crippen molar-refractivity contribution in [1.29, 1.82) is 0 Å². The van der Waals surface area contributed by atoms with Crippen molar-refractivity contribution in [3.63, 3.8) is 0 Å². The Morgan fingerprint density at radius 2 is 1.24 bits per heavy atom. The fraction of sp³-hybridized carbons (Fsp3) is 0.463. The average molecular weight is 753 g/mol. The molecule has 0 spiro atoms. The second-order valence-electron chi connectivity index (χ2n) is 15.3. The Morgan fingerprint density at radius 3 is 1.78 bits per heavy atom. The maximum Gasteiger partial charge on any atom is 0.407 e. The van der Waals surface area contributed by atoms with E-state index in [-0.39, 0.29) is 29.7 Å². The SMILES string of the molecule is COC(=O)NC(C(=O)N1CCCC1c1ncc(-c2ccc(-c3ccc(-c4cnc(C5(C)CCCN5C(=O)C(NC(=O)OC)C(C)C)[nH]4)cc3)cc2)[nH]1)C(C)C. The number of nitrogens with one attached hydrogen (secondary N) is 4. The number of alkyl carbamates (subject to hydrolysis) is 2. The van der Waals surface area contributed by atoms with E-state index in [4.69, 9.17) is 14.5 Å². The summed E-state index contributed by atoms with van der Waals surface area (Å²) in [4.78, 5) is 71.2. The van der Waals surface area contributed by atoms with E-state index in [2.05, 4.69) is 62.0 Å². The van der Waals surface area contributed by atoms with Crippen molar-refractivity contribution in [2.24, 2.45) is 11.8 Å². The summed E-state index contributed by atoms with van der Waals surface area (Å²) < 4.78 is 9.53. The zero-order valence-corrected chi connectivity index (χ0v) is 32.6. The fourth-order valence-electron chi connectivity index (χ4n) is 7.70. The van der Waals surface area contributed by atoms with Gasteiger partial charge in [0.2, 0.25) is 11.8 Å². The van der Waals surface area contributed by atoms with Crippen LogP contribution in [0.25, 0.3) is 33.6 Å². The summed E-state index contributed by atoms with van der Waals surface area (Å²) in [6, 6.07) is 14.9. The molecular weight excluding hydrogens is 701 g/mol. The monoisotopic (exact) mass is 752 g/mol. The molecule has 4 amide bonds. The van der Waals surface area contributed by atoms with Crippen LogP contribution < -0.4 is 10.6 Å². The Hall–Kier alpha value is -5.66. The second-order valence-corrected chi connectivity index (χ2v) is 15.3. The van der Waals surface area contributed by atoms with Crippen molar-refractivity contribution in [1.82, 2.24) is 40.4 Å². The molecule has 14 heteroatoms. The van der Waals surface area contributed by atoms with Crippen LogP contribution in [0.1, 0.15) is 78.0 Å². The van der Waals surface area contributed by atoms with Crippen molar-refractivity contribution >= 4 is 24.0 Å². The van der Waals surface area contributed by atoms with Crippen LogP contribution in [0.15, 0.2) is 60.9 Å². The van der Waals surface area contributed by atoms with Gasteiger partial charge in [-0.1, -0.05) is 76.2 Å². The fourth-order valence-corrected chi connectivity index (χ4v) is 7.70. The lowest BCUT2D eigenvalue weighted by Gasteiger charge is -2.37. The molecule has 2 aromatic carbocycles. The zero-order valence-electron chi connectivity index (χ0n) is 32.6. The van der Waals surface area contributed by atoms with Gasteiger partial charge in [0.25, 0.3) is 0 Å². The van der Waals surface area contributed by atoms with Crippen molar-refractivity contribution in [2.75, 3.05) is 27.3 Å². The average Bonchev–Trinajstić information content (AvgIpc) is 4.02. The largest absolute Gasteiger partial charge is 0.453 e. The van der Waals surface area contributed by atoms with E-state index in [1.54, 1.807) is 17.3 Å². The third-order valence-electron chi connectivity index (χ3n) is 10.9. The van der Waals surface area contributed by atoms with Crippen LogP contribution >= 0.6 is 0 Å². The van der Waals surface area contributed by atoms with Crippen LogP contribution in [0.3, 0.4) is 0 Å². The number of rotatable bonds is 11. The lowest BCUT2D eigenvalue weighted by molar-refractivity contribution is -0.138. The zero-order chi connectivity index (χ0) is 39.4. The highest BCUT2D eigenvalue weighted by atomic mass is 16.5. The molecule has 0 bridgehead atoms. The number of benzene rings is 2. The Balaban J connectivity index is 1.12. The molecule has 2 aliphatic rings. The molecule has 2 saturated heterocycles. The Labute approximate surface area is 321 Å². The Morgan fingerprint density at radius 1 is 0.727 bits per heavy atom. The van der Waals surface area contributed by atoms with Crippen molar-refractivity contribution < 1.29 is 28.7 Å². The van der Waals surface area contributed by atoms with Gasteiger partial charge < -0.3 is 39.9 Å². The number of hydrogen-bond acceptors (Lipinski definition) is 8. The first-order valence-corrected chi connectivity index (χ1v) is 19.0. The minimum absolute atomic E-state index is 0.105. The number of carbonyl (C=O) groups excluding carboxylic acids is 4. The lowest BCUT2D eigenvalue weighted by atomic mass is 9.95. The van der Waals surface area contributed by atoms with Gasteiger partial charge in [-0.25, -0.2) is 19.6 Å². The highest BCUT2D eigenvalue weighted by molar-refractivity contribution is 5.87. The molecule has 6 rings (SSSR count). The van der Waals surface area contributed by atoms with Crippen LogP contribution in [0.4, 0.5) is 9.59 Å². The van der Waals surface area contributed by atoms with Gasteiger partial charge in [0, 0.05) is 13.1 Å². The molecule has 55 heavy (non-hydrogen) atoms. The standard InChI is InChI=1S/C41H52N8O6/c1-24(2)33(46-39(52)54-6)36(50)48-20-8-10-32(48)35-42-22-30(44-35)28-15-11-26(12-16-28)27-13-17-29(18-14-27)31-23-43-38(45-31)41(5)19-9-21-49(41)37(51)34(25(3)4)47-40(53)55-7/h11-18,22-25,32-34H,8-10,19-21H2,1-7H3,(H,42,44)(H,43,45)(H,46,52)(H,47,53). The molecule has 2 aliphatic heterocycles. The molecule has 4 aromatic rings. The Kier molecular flexibility index (Phi) is 11.6. The summed E-state index contributed by atoms with van der Waals surface area (Å²) in [5.74, 6) is 0.910. The van der Waals surface area contributed by atoms with E-state index < -0.39 is 29.8 Å². The van der Waals surface area contributed by atoms with E-state index in [9.17, 15) is 19.2 Å². The molecule has 0 radical (unpaired) electrons. The normalized spacial score (nSPS) is 19.4. The molecule has 2 fully saturated rings. The number of H-pyrrole nitrogens is 2. The summed E-state index contributed by atoms with van der Waals surface area (Å²) in [7, 11) is 2.58. The van der Waals surface area contributed by atoms with Crippen LogP contribution in [-0.2, 0) is 24.6 Å². The van der Waals surface area contributed by atoms with E-state index >= 15 is 0 Å². The molecule has 4 atom stereocenters. The minimum Gasteiger partial charge on any atom is -0.453 e. The van der Waals surface area contributed by atoms with Gasteiger partial charge in [-0.3, -0.25) is 9.59 Å². The van der Waals surface area contributed by atoms with Crippen LogP contribution in [-0.4, -0.2) is 93.1 Å². The minimum atomic E-state index is -0.708. The van der Waals surface area contributed by atoms with Crippen molar-refractivity contribution in [3.8, 4) is 33.6 Å². The first-order valence-electron chi connectivity index (χ1n) is 19.0. The molecule has 0 aliphatic carbocycles. The van der Waals surface area contributed by atoms with E-state index in [1.165, 1.54) is 14.2 Å². The molecule has 2 aromatic heterocycles. The van der Waals surface area contributed by atoms with E-state index in [0.29, 0.717) is 18.9 Å². The molecule has 4 N–H and O–H groups in total. The Bertz CT molecular complexity index is 1990. The third-order valence-corrected chi connectivity index (χ3v) is 10.9. The predicted molar refractivity (Wildman–Crippen MR) is 207 cm³/mol. The molecule has 4 heterocycles. The van der Waals surface area contributed by atoms with Crippen molar-refractivity contribution in [2.45, 2.75) is 84.0 Å². The number of methoxy groups -OCH3 is 2. The van der Waals surface area contributed by atoms with Gasteiger partial charge in [-0.05, 0) is 66.7 Å². The van der Waals surface area contributed by atoms with Crippen LogP contribution in [0.2, 0.25) is 0 Å². The quantitative estimate of drug-likeness (QED) is 0.136. The number of amides is 4. The molecule has 4 unspecified atom stereocenters. The summed E-state index contributed by atoms with van der Waals surface area (Å²) in [6.07, 6.45) is 5.55. The summed E-state index contributed by atoms with van der Waals surface area (Å²) >= 11 is 0. The number of aromatic nitrogens is 4. The summed E-state index contributed by atoms with van der Waals surface area (Å²) in [6.45, 7) is 10.8. The predicted octanol–water partition coefficient (Wildman–Crippen LogP) is 6.40. The van der Waals surface area contributed by atoms with Gasteiger partial charge in [0.1, 0.15) is 23.7 Å². The number of hydrogen-bond donors (Lipinski definition) is 4. The maximum absolute atomic E-state index is 13.7. The number of ether oxygens (including phenoxy) is 2. The number of likely N-dealkylation sites (tertiary alicyclic amines) is 2. The first kappa shape index (κ1) is 39.0. The third kappa shape index (κ3) is 8.08. The molecule has 14 nitrogen and oxygen atoms in total. The van der Waals surface area contributed by atoms with E-state index in [0.717, 1.165) is 65.1 Å². The number of nitrogens with zero attached hydrogens (tertiary/aromatic N) is 4. The topological polar surface area (TPSA) is 175 Å². The second kappa shape index (κ2) is 16.4. The number of aromatic amines is 2. The van der Waals surface area contributed by atoms with Gasteiger partial charge in [0.05, 0.1) is 49.6 Å². The highest BCUT2D eigenvalue weighted by Crippen LogP contribution is 2.39. The van der Waals surface area contributed by atoms with Crippen LogP contribution in [0.5, 0.6) is 0 Å². The maximum atomic E-state index is 13.7. The summed E-state index contributed by atoms with van der Waals surface area (Å²) in [5.41, 5.74) is 5.11. The van der Waals surface area contributed by atoms with Gasteiger partial charge >= 0.3 is 12.2 Å². The smallest absolute Gasteiger partial charge is 0.407 e. The van der Waals surface area contributed by atoms with Gasteiger partial charge in [0.15, 0.2) is 0 Å². The molecular formula is C41H52N8O6. The number of imidazole rings is 2. The molecule has 0 saturated carbocycles.